The summed E-state index contributed by atoms with van der Waals surface area (Å²) >= 11 is 0. The summed E-state index contributed by atoms with van der Waals surface area (Å²) in [7, 11) is -3.54. The first-order valence-corrected chi connectivity index (χ1v) is 7.66. The van der Waals surface area contributed by atoms with Crippen molar-refractivity contribution >= 4 is 21.6 Å². The van der Waals surface area contributed by atoms with Gasteiger partial charge in [0.2, 0.25) is 15.9 Å². The summed E-state index contributed by atoms with van der Waals surface area (Å²) in [5.41, 5.74) is 6.67. The van der Waals surface area contributed by atoms with E-state index >= 15 is 0 Å². The zero-order valence-electron chi connectivity index (χ0n) is 10.8. The molecule has 0 aliphatic heterocycles. The number of carbonyl (C=O) groups excluding carboxylic acids is 1. The number of benzene rings is 1. The summed E-state index contributed by atoms with van der Waals surface area (Å²) < 4.78 is 25.8. The maximum atomic E-state index is 11.8. The van der Waals surface area contributed by atoms with E-state index in [4.69, 9.17) is 5.73 Å². The quantitative estimate of drug-likeness (QED) is 0.623. The Labute approximate surface area is 113 Å². The molecule has 0 bridgehead atoms. The predicted octanol–water partition coefficient (Wildman–Crippen LogP) is 0.214. The average molecular weight is 285 g/mol. The van der Waals surface area contributed by atoms with Crippen molar-refractivity contribution in [3.8, 4) is 0 Å². The lowest BCUT2D eigenvalue weighted by molar-refractivity contribution is -0.119. The van der Waals surface area contributed by atoms with Crippen LogP contribution < -0.4 is 15.8 Å². The number of hydrogen-bond acceptors (Lipinski definition) is 4. The molecule has 0 unspecified atom stereocenters. The van der Waals surface area contributed by atoms with E-state index in [2.05, 4.69) is 10.0 Å². The summed E-state index contributed by atoms with van der Waals surface area (Å²) in [4.78, 5) is 11.3. The molecule has 1 aromatic carbocycles. The smallest absolute Gasteiger partial charge is 0.235 e. The van der Waals surface area contributed by atoms with Crippen LogP contribution in [0.4, 0.5) is 5.69 Å². The van der Waals surface area contributed by atoms with Crippen LogP contribution >= 0.6 is 0 Å². The van der Waals surface area contributed by atoms with Gasteiger partial charge in [-0.2, -0.15) is 0 Å². The zero-order valence-corrected chi connectivity index (χ0v) is 11.7. The van der Waals surface area contributed by atoms with Crippen molar-refractivity contribution in [1.29, 1.82) is 0 Å². The number of anilines is 1. The molecule has 6 nitrogen and oxygen atoms in total. The molecule has 0 heterocycles. The van der Waals surface area contributed by atoms with Crippen molar-refractivity contribution in [3.63, 3.8) is 0 Å². The zero-order chi connectivity index (χ0) is 14.3. The van der Waals surface area contributed by atoms with Gasteiger partial charge < -0.3 is 11.1 Å². The van der Waals surface area contributed by atoms with Crippen molar-refractivity contribution in [2.75, 3.05) is 18.8 Å². The fourth-order valence-electron chi connectivity index (χ4n) is 1.46. The Morgan fingerprint density at radius 2 is 2.11 bits per heavy atom. The van der Waals surface area contributed by atoms with Crippen LogP contribution in [0.15, 0.2) is 24.3 Å². The van der Waals surface area contributed by atoms with Crippen LogP contribution in [0.25, 0.3) is 0 Å². The van der Waals surface area contributed by atoms with Gasteiger partial charge in [0.15, 0.2) is 0 Å². The highest BCUT2D eigenvalue weighted by atomic mass is 32.2. The molecule has 0 radical (unpaired) electrons. The molecule has 1 rings (SSSR count). The number of nitrogen functional groups attached to an aromatic ring is 1. The van der Waals surface area contributed by atoms with E-state index in [0.29, 0.717) is 17.8 Å². The van der Waals surface area contributed by atoms with E-state index < -0.39 is 10.0 Å². The molecule has 4 N–H and O–H groups in total. The highest BCUT2D eigenvalue weighted by Crippen LogP contribution is 2.09. The number of nitrogens with one attached hydrogen (secondary N) is 2. The lowest BCUT2D eigenvalue weighted by Gasteiger charge is -2.07. The van der Waals surface area contributed by atoms with E-state index in [0.717, 1.165) is 6.42 Å². The van der Waals surface area contributed by atoms with Crippen LogP contribution in [0.3, 0.4) is 0 Å². The Morgan fingerprint density at radius 3 is 2.74 bits per heavy atom. The van der Waals surface area contributed by atoms with Gasteiger partial charge in [-0.3, -0.25) is 4.79 Å². The van der Waals surface area contributed by atoms with Crippen molar-refractivity contribution in [2.24, 2.45) is 0 Å². The highest BCUT2D eigenvalue weighted by Gasteiger charge is 2.13. The maximum absolute atomic E-state index is 11.8. The highest BCUT2D eigenvalue weighted by molar-refractivity contribution is 7.88. The molecule has 0 saturated heterocycles. The monoisotopic (exact) mass is 285 g/mol. The molecule has 0 aliphatic carbocycles. The number of rotatable bonds is 7. The van der Waals surface area contributed by atoms with E-state index in [1.165, 1.54) is 0 Å². The summed E-state index contributed by atoms with van der Waals surface area (Å²) in [5.74, 6) is -0.531. The second-order valence-electron chi connectivity index (χ2n) is 4.18. The minimum Gasteiger partial charge on any atom is -0.399 e. The molecule has 0 aliphatic rings. The third kappa shape index (κ3) is 6.21. The molecule has 1 aromatic rings. The number of carbonyl (C=O) groups is 1. The lowest BCUT2D eigenvalue weighted by Crippen LogP contribution is -2.37. The molecule has 19 heavy (non-hydrogen) atoms. The Kier molecular flexibility index (Phi) is 5.78. The number of sulfonamides is 1. The Balaban J connectivity index is 2.50. The van der Waals surface area contributed by atoms with Crippen LogP contribution in [-0.2, 0) is 20.6 Å². The molecular formula is C12H19N3O3S. The third-order valence-electron chi connectivity index (χ3n) is 2.33. The number of nitrogens with two attached hydrogens (primary N) is 1. The summed E-state index contributed by atoms with van der Waals surface area (Å²) in [6.07, 6.45) is 0.807. The molecule has 0 spiro atoms. The summed E-state index contributed by atoms with van der Waals surface area (Å²) in [6, 6.07) is 6.64. The SMILES string of the molecule is CCCNC(=O)CNS(=O)(=O)Cc1cccc(N)c1. The molecule has 1 amide bonds. The second kappa shape index (κ2) is 7.10. The van der Waals surface area contributed by atoms with Gasteiger partial charge in [-0.1, -0.05) is 19.1 Å². The van der Waals surface area contributed by atoms with Gasteiger partial charge in [-0.25, -0.2) is 13.1 Å². The van der Waals surface area contributed by atoms with Crippen LogP contribution in [0.5, 0.6) is 0 Å². The largest absolute Gasteiger partial charge is 0.399 e. The van der Waals surface area contributed by atoms with E-state index in [9.17, 15) is 13.2 Å². The van der Waals surface area contributed by atoms with Gasteiger partial charge >= 0.3 is 0 Å². The number of amides is 1. The minimum absolute atomic E-state index is 0.195. The van der Waals surface area contributed by atoms with Crippen LogP contribution in [0.1, 0.15) is 18.9 Å². The topological polar surface area (TPSA) is 101 Å². The van der Waals surface area contributed by atoms with Crippen LogP contribution in [0, 0.1) is 0 Å². The van der Waals surface area contributed by atoms with E-state index in [1.54, 1.807) is 24.3 Å². The standard InChI is InChI=1S/C12H19N3O3S/c1-2-6-14-12(16)8-15-19(17,18)9-10-4-3-5-11(13)7-10/h3-5,7,15H,2,6,8-9,13H2,1H3,(H,14,16). The van der Waals surface area contributed by atoms with Crippen molar-refractivity contribution in [1.82, 2.24) is 10.0 Å². The van der Waals surface area contributed by atoms with Crippen LogP contribution in [-0.4, -0.2) is 27.4 Å². The first-order chi connectivity index (χ1) is 8.93. The Hall–Kier alpha value is -1.60. The fraction of sp³-hybridized carbons (Fsp3) is 0.417. The normalized spacial score (nSPS) is 11.2. The molecule has 7 heteroatoms. The molecule has 0 fully saturated rings. The van der Waals surface area contributed by atoms with Crippen molar-refractivity contribution < 1.29 is 13.2 Å². The van der Waals surface area contributed by atoms with Gasteiger partial charge in [0.1, 0.15) is 0 Å². The fourth-order valence-corrected chi connectivity index (χ4v) is 2.53. The van der Waals surface area contributed by atoms with Gasteiger partial charge in [0.05, 0.1) is 12.3 Å². The lowest BCUT2D eigenvalue weighted by atomic mass is 10.2. The Bertz CT molecular complexity index is 529. The van der Waals surface area contributed by atoms with Gasteiger partial charge in [0, 0.05) is 12.2 Å². The van der Waals surface area contributed by atoms with Gasteiger partial charge in [0.25, 0.3) is 0 Å². The molecule has 0 saturated carbocycles. The van der Waals surface area contributed by atoms with Gasteiger partial charge in [-0.05, 0) is 24.1 Å². The summed E-state index contributed by atoms with van der Waals surface area (Å²) in [6.45, 7) is 2.21. The molecular weight excluding hydrogens is 266 g/mol. The Morgan fingerprint density at radius 1 is 1.37 bits per heavy atom. The first kappa shape index (κ1) is 15.5. The van der Waals surface area contributed by atoms with E-state index in [-0.39, 0.29) is 18.2 Å². The maximum Gasteiger partial charge on any atom is 0.235 e. The second-order valence-corrected chi connectivity index (χ2v) is 5.98. The molecule has 0 atom stereocenters. The summed E-state index contributed by atoms with van der Waals surface area (Å²) in [5, 5.41) is 2.59. The first-order valence-electron chi connectivity index (χ1n) is 6.01. The van der Waals surface area contributed by atoms with Crippen LogP contribution in [0.2, 0.25) is 0 Å². The predicted molar refractivity (Wildman–Crippen MR) is 74.8 cm³/mol. The van der Waals surface area contributed by atoms with Gasteiger partial charge in [-0.15, -0.1) is 0 Å². The van der Waals surface area contributed by atoms with E-state index in [1.807, 2.05) is 6.92 Å². The van der Waals surface area contributed by atoms with Crippen molar-refractivity contribution in [3.05, 3.63) is 29.8 Å². The minimum atomic E-state index is -3.54. The average Bonchev–Trinajstić information content (AvgIpc) is 2.33. The van der Waals surface area contributed by atoms with Crippen molar-refractivity contribution in [2.45, 2.75) is 19.1 Å². The molecule has 106 valence electrons. The molecule has 0 aromatic heterocycles. The number of hydrogen-bond donors (Lipinski definition) is 3. The third-order valence-corrected chi connectivity index (χ3v) is 3.63.